The first kappa shape index (κ1) is 17.0. The standard InChI is InChI=1S/C16H13F3N2O4/c17-16(18,19)12-7-21(6-11(12)15(23)24)14(22)10-3-1-9(2-4-10)13-5-20-8-25-13/h1-5,8,11-12H,6-7H2,(H,23,24)/t11-,12-/m1/s1. The molecule has 1 amide bonds. The summed E-state index contributed by atoms with van der Waals surface area (Å²) in [6, 6.07) is 6.08. The van der Waals surface area contributed by atoms with Crippen LogP contribution >= 0.6 is 0 Å². The van der Waals surface area contributed by atoms with Crippen molar-refractivity contribution in [2.75, 3.05) is 13.1 Å². The number of aliphatic carboxylic acids is 1. The first-order valence-electron chi connectivity index (χ1n) is 7.35. The van der Waals surface area contributed by atoms with E-state index in [1.807, 2.05) is 0 Å². The van der Waals surface area contributed by atoms with Gasteiger partial charge in [-0.3, -0.25) is 9.59 Å². The number of nitrogens with zero attached hydrogens (tertiary/aromatic N) is 2. The topological polar surface area (TPSA) is 83.6 Å². The molecule has 0 bridgehead atoms. The number of carbonyl (C=O) groups is 2. The smallest absolute Gasteiger partial charge is 0.394 e. The zero-order valence-electron chi connectivity index (χ0n) is 12.7. The minimum atomic E-state index is -4.67. The molecule has 0 aliphatic carbocycles. The van der Waals surface area contributed by atoms with E-state index < -0.39 is 43.0 Å². The van der Waals surface area contributed by atoms with Gasteiger partial charge in [0, 0.05) is 24.2 Å². The van der Waals surface area contributed by atoms with Crippen molar-refractivity contribution in [1.82, 2.24) is 9.88 Å². The predicted molar refractivity (Wildman–Crippen MR) is 78.5 cm³/mol. The molecular weight excluding hydrogens is 341 g/mol. The number of halogens is 3. The molecule has 0 unspecified atom stereocenters. The number of carboxylic acids is 1. The highest BCUT2D eigenvalue weighted by molar-refractivity contribution is 5.95. The maximum absolute atomic E-state index is 13.0. The van der Waals surface area contributed by atoms with E-state index in [4.69, 9.17) is 9.52 Å². The van der Waals surface area contributed by atoms with Crippen molar-refractivity contribution in [2.45, 2.75) is 6.18 Å². The third kappa shape index (κ3) is 3.35. The van der Waals surface area contributed by atoms with Crippen LogP contribution < -0.4 is 0 Å². The van der Waals surface area contributed by atoms with Crippen LogP contribution in [0.15, 0.2) is 41.3 Å². The van der Waals surface area contributed by atoms with Crippen LogP contribution in [0, 0.1) is 11.8 Å². The average molecular weight is 354 g/mol. The highest BCUT2D eigenvalue weighted by atomic mass is 19.4. The Morgan fingerprint density at radius 3 is 2.36 bits per heavy atom. The minimum absolute atomic E-state index is 0.176. The molecule has 1 fully saturated rings. The van der Waals surface area contributed by atoms with E-state index in [2.05, 4.69) is 4.98 Å². The second-order valence-corrected chi connectivity index (χ2v) is 5.75. The summed E-state index contributed by atoms with van der Waals surface area (Å²) in [6.45, 7) is -1.13. The second-order valence-electron chi connectivity index (χ2n) is 5.75. The summed E-state index contributed by atoms with van der Waals surface area (Å²) in [4.78, 5) is 28.2. The van der Waals surface area contributed by atoms with Crippen LogP contribution in [0.2, 0.25) is 0 Å². The molecular formula is C16H13F3N2O4. The lowest BCUT2D eigenvalue weighted by atomic mass is 9.96. The molecule has 1 N–H and O–H groups in total. The van der Waals surface area contributed by atoms with E-state index in [-0.39, 0.29) is 5.56 Å². The number of benzene rings is 1. The molecule has 1 aromatic carbocycles. The van der Waals surface area contributed by atoms with Gasteiger partial charge in [-0.2, -0.15) is 13.2 Å². The largest absolute Gasteiger partial charge is 0.481 e. The van der Waals surface area contributed by atoms with Gasteiger partial charge in [0.05, 0.1) is 18.0 Å². The van der Waals surface area contributed by atoms with Gasteiger partial charge >= 0.3 is 12.1 Å². The van der Waals surface area contributed by atoms with Crippen molar-refractivity contribution in [2.24, 2.45) is 11.8 Å². The number of alkyl halides is 3. The Kier molecular flexibility index (Phi) is 4.23. The Balaban J connectivity index is 1.78. The first-order chi connectivity index (χ1) is 11.8. The summed E-state index contributed by atoms with van der Waals surface area (Å²) in [6.07, 6.45) is -1.93. The maximum Gasteiger partial charge on any atom is 0.394 e. The number of likely N-dealkylation sites (tertiary alicyclic amines) is 1. The molecule has 1 aliphatic heterocycles. The Labute approximate surface area is 139 Å². The van der Waals surface area contributed by atoms with E-state index in [9.17, 15) is 22.8 Å². The first-order valence-corrected chi connectivity index (χ1v) is 7.35. The molecule has 9 heteroatoms. The van der Waals surface area contributed by atoms with E-state index >= 15 is 0 Å². The van der Waals surface area contributed by atoms with Gasteiger partial charge in [-0.15, -0.1) is 0 Å². The Morgan fingerprint density at radius 2 is 1.88 bits per heavy atom. The zero-order chi connectivity index (χ0) is 18.2. The van der Waals surface area contributed by atoms with Crippen LogP contribution in [-0.2, 0) is 4.79 Å². The molecule has 1 aliphatic rings. The van der Waals surface area contributed by atoms with E-state index in [0.29, 0.717) is 11.3 Å². The highest BCUT2D eigenvalue weighted by Gasteiger charge is 2.53. The Morgan fingerprint density at radius 1 is 1.20 bits per heavy atom. The number of oxazole rings is 1. The van der Waals surface area contributed by atoms with Crippen LogP contribution in [-0.4, -0.2) is 46.1 Å². The molecule has 6 nitrogen and oxygen atoms in total. The average Bonchev–Trinajstić information content (AvgIpc) is 3.23. The number of hydrogen-bond acceptors (Lipinski definition) is 4. The summed E-state index contributed by atoms with van der Waals surface area (Å²) >= 11 is 0. The van der Waals surface area contributed by atoms with Gasteiger partial charge in [-0.25, -0.2) is 4.98 Å². The van der Waals surface area contributed by atoms with E-state index in [1.165, 1.54) is 24.7 Å². The van der Waals surface area contributed by atoms with Crippen molar-refractivity contribution in [3.05, 3.63) is 42.4 Å². The summed E-state index contributed by atoms with van der Waals surface area (Å²) in [7, 11) is 0. The number of amides is 1. The van der Waals surface area contributed by atoms with Crippen molar-refractivity contribution in [1.29, 1.82) is 0 Å². The van der Waals surface area contributed by atoms with E-state index in [1.54, 1.807) is 12.1 Å². The predicted octanol–water partition coefficient (Wildman–Crippen LogP) is 2.68. The molecule has 0 saturated carbocycles. The number of rotatable bonds is 3. The van der Waals surface area contributed by atoms with Crippen molar-refractivity contribution >= 4 is 11.9 Å². The van der Waals surface area contributed by atoms with Crippen LogP contribution in [0.4, 0.5) is 13.2 Å². The van der Waals surface area contributed by atoms with Crippen LogP contribution in [0.3, 0.4) is 0 Å². The molecule has 2 atom stereocenters. The summed E-state index contributed by atoms with van der Waals surface area (Å²) < 4.78 is 44.1. The molecule has 3 rings (SSSR count). The number of hydrogen-bond donors (Lipinski definition) is 1. The zero-order valence-corrected chi connectivity index (χ0v) is 12.7. The third-order valence-electron chi connectivity index (χ3n) is 4.19. The van der Waals surface area contributed by atoms with E-state index in [0.717, 1.165) is 4.90 Å². The number of carbonyl (C=O) groups excluding carboxylic acids is 1. The van der Waals surface area contributed by atoms with Crippen molar-refractivity contribution < 1.29 is 32.3 Å². The quantitative estimate of drug-likeness (QED) is 0.916. The second kappa shape index (κ2) is 6.23. The number of carboxylic acid groups (broad SMARTS) is 1. The SMILES string of the molecule is O=C(O)[C@@H]1CN(C(=O)c2ccc(-c3cnco3)cc2)C[C@H]1C(F)(F)F. The molecule has 0 radical (unpaired) electrons. The summed E-state index contributed by atoms with van der Waals surface area (Å²) in [5.74, 6) is -5.43. The van der Waals surface area contributed by atoms with Crippen LogP contribution in [0.25, 0.3) is 11.3 Å². The Bertz CT molecular complexity index is 772. The number of aromatic nitrogens is 1. The Hall–Kier alpha value is -2.84. The van der Waals surface area contributed by atoms with Crippen LogP contribution in [0.5, 0.6) is 0 Å². The monoisotopic (exact) mass is 354 g/mol. The van der Waals surface area contributed by atoms with Crippen LogP contribution in [0.1, 0.15) is 10.4 Å². The lowest BCUT2D eigenvalue weighted by Gasteiger charge is -2.18. The lowest BCUT2D eigenvalue weighted by Crippen LogP contribution is -2.34. The third-order valence-corrected chi connectivity index (χ3v) is 4.19. The van der Waals surface area contributed by atoms with Gasteiger partial charge in [0.25, 0.3) is 5.91 Å². The molecule has 1 aromatic heterocycles. The fraction of sp³-hybridized carbons (Fsp3) is 0.312. The fourth-order valence-electron chi connectivity index (χ4n) is 2.87. The van der Waals surface area contributed by atoms with Gasteiger partial charge in [-0.1, -0.05) is 12.1 Å². The fourth-order valence-corrected chi connectivity index (χ4v) is 2.87. The van der Waals surface area contributed by atoms with Gasteiger partial charge < -0.3 is 14.4 Å². The highest BCUT2D eigenvalue weighted by Crippen LogP contribution is 2.38. The normalized spacial score (nSPS) is 20.7. The molecule has 2 heterocycles. The van der Waals surface area contributed by atoms with Crippen molar-refractivity contribution in [3.8, 4) is 11.3 Å². The molecule has 132 valence electrons. The van der Waals surface area contributed by atoms with Gasteiger partial charge in [0.15, 0.2) is 12.2 Å². The molecule has 2 aromatic rings. The van der Waals surface area contributed by atoms with Gasteiger partial charge in [0.1, 0.15) is 0 Å². The molecule has 1 saturated heterocycles. The van der Waals surface area contributed by atoms with Gasteiger partial charge in [-0.05, 0) is 12.1 Å². The molecule has 25 heavy (non-hydrogen) atoms. The van der Waals surface area contributed by atoms with Crippen molar-refractivity contribution in [3.63, 3.8) is 0 Å². The van der Waals surface area contributed by atoms with Gasteiger partial charge in [0.2, 0.25) is 0 Å². The lowest BCUT2D eigenvalue weighted by molar-refractivity contribution is -0.187. The summed E-state index contributed by atoms with van der Waals surface area (Å²) in [5, 5.41) is 9.00. The maximum atomic E-state index is 13.0. The summed E-state index contributed by atoms with van der Waals surface area (Å²) in [5.41, 5.74) is 0.835. The molecule has 0 spiro atoms. The minimum Gasteiger partial charge on any atom is -0.481 e.